The molecule has 3 heteroatoms. The predicted molar refractivity (Wildman–Crippen MR) is 84.7 cm³/mol. The second-order valence-corrected chi connectivity index (χ2v) is 5.31. The van der Waals surface area contributed by atoms with Gasteiger partial charge in [-0.1, -0.05) is 56.3 Å². The zero-order valence-corrected chi connectivity index (χ0v) is 12.5. The van der Waals surface area contributed by atoms with Gasteiger partial charge in [-0.05, 0) is 29.2 Å². The van der Waals surface area contributed by atoms with Gasteiger partial charge in [-0.15, -0.1) is 0 Å². The highest BCUT2D eigenvalue weighted by Gasteiger charge is 2.27. The van der Waals surface area contributed by atoms with Gasteiger partial charge in [0.15, 0.2) is 0 Å². The van der Waals surface area contributed by atoms with Crippen molar-refractivity contribution in [2.24, 2.45) is 0 Å². The number of amides is 1. The van der Waals surface area contributed by atoms with E-state index < -0.39 is 5.54 Å². The normalized spacial score (nSPS) is 11.1. The molecule has 0 radical (unpaired) electrons. The molecule has 0 bridgehead atoms. The van der Waals surface area contributed by atoms with Gasteiger partial charge in [0.05, 0.1) is 12.5 Å². The summed E-state index contributed by atoms with van der Waals surface area (Å²) in [5.74, 6) is -0.101. The summed E-state index contributed by atoms with van der Waals surface area (Å²) in [6, 6.07) is 16.3. The zero-order chi connectivity index (χ0) is 15.3. The Labute approximate surface area is 125 Å². The van der Waals surface area contributed by atoms with Gasteiger partial charge in [0.1, 0.15) is 5.54 Å². The van der Waals surface area contributed by atoms with Crippen molar-refractivity contribution in [3.63, 3.8) is 0 Å². The van der Waals surface area contributed by atoms with Crippen LogP contribution in [-0.2, 0) is 11.2 Å². The molecule has 2 rings (SSSR count). The summed E-state index contributed by atoms with van der Waals surface area (Å²) in [6.45, 7) is 3.84. The first-order chi connectivity index (χ1) is 10.1. The first-order valence-electron chi connectivity index (χ1n) is 7.32. The summed E-state index contributed by atoms with van der Waals surface area (Å²) >= 11 is 0. The third kappa shape index (κ3) is 3.41. The quantitative estimate of drug-likeness (QED) is 0.910. The Kier molecular flexibility index (Phi) is 4.59. The van der Waals surface area contributed by atoms with Crippen LogP contribution in [0.4, 0.5) is 0 Å². The fourth-order valence-electron chi connectivity index (χ4n) is 2.46. The molecule has 2 aromatic carbocycles. The van der Waals surface area contributed by atoms with Crippen molar-refractivity contribution < 1.29 is 4.79 Å². The molecule has 1 amide bonds. The monoisotopic (exact) mass is 280 g/mol. The Morgan fingerprint density at radius 3 is 2.43 bits per heavy atom. The van der Waals surface area contributed by atoms with E-state index in [4.69, 9.17) is 0 Å². The number of hydrogen-bond donors (Lipinski definition) is 1. The highest BCUT2D eigenvalue weighted by atomic mass is 16.1. The molecule has 108 valence electrons. The van der Waals surface area contributed by atoms with Crippen LogP contribution in [0.3, 0.4) is 0 Å². The Bertz CT molecular complexity index is 681. The van der Waals surface area contributed by atoms with Gasteiger partial charge in [-0.3, -0.25) is 4.79 Å². The van der Waals surface area contributed by atoms with E-state index in [9.17, 15) is 10.1 Å². The van der Waals surface area contributed by atoms with Gasteiger partial charge in [0.2, 0.25) is 5.91 Å². The van der Waals surface area contributed by atoms with Crippen LogP contribution in [0.1, 0.15) is 32.3 Å². The largest absolute Gasteiger partial charge is 0.338 e. The lowest BCUT2D eigenvalue weighted by Crippen LogP contribution is -2.47. The van der Waals surface area contributed by atoms with E-state index in [1.165, 1.54) is 0 Å². The maximum Gasteiger partial charge on any atom is 0.225 e. The van der Waals surface area contributed by atoms with E-state index >= 15 is 0 Å². The van der Waals surface area contributed by atoms with Gasteiger partial charge < -0.3 is 5.32 Å². The van der Waals surface area contributed by atoms with E-state index in [0.717, 1.165) is 16.3 Å². The lowest BCUT2D eigenvalue weighted by atomic mass is 9.94. The minimum Gasteiger partial charge on any atom is -0.338 e. The van der Waals surface area contributed by atoms with Gasteiger partial charge in [-0.2, -0.15) is 5.26 Å². The fraction of sp³-hybridized carbons (Fsp3) is 0.333. The first kappa shape index (κ1) is 15.1. The molecule has 0 aliphatic heterocycles. The van der Waals surface area contributed by atoms with Crippen LogP contribution >= 0.6 is 0 Å². The lowest BCUT2D eigenvalue weighted by molar-refractivity contribution is -0.121. The third-order valence-corrected chi connectivity index (χ3v) is 3.98. The molecule has 21 heavy (non-hydrogen) atoms. The Morgan fingerprint density at radius 1 is 1.14 bits per heavy atom. The van der Waals surface area contributed by atoms with Gasteiger partial charge in [-0.25, -0.2) is 0 Å². The summed E-state index contributed by atoms with van der Waals surface area (Å²) in [5, 5.41) is 14.4. The molecule has 2 aromatic rings. The molecular formula is C18H20N2O. The number of hydrogen-bond acceptors (Lipinski definition) is 2. The third-order valence-electron chi connectivity index (χ3n) is 3.98. The molecule has 1 N–H and O–H groups in total. The zero-order valence-electron chi connectivity index (χ0n) is 12.5. The van der Waals surface area contributed by atoms with Gasteiger partial charge >= 0.3 is 0 Å². The van der Waals surface area contributed by atoms with Crippen LogP contribution < -0.4 is 5.32 Å². The molecule has 0 aromatic heterocycles. The molecule has 0 aliphatic rings. The fourth-order valence-corrected chi connectivity index (χ4v) is 2.46. The molecule has 3 nitrogen and oxygen atoms in total. The number of rotatable bonds is 5. The summed E-state index contributed by atoms with van der Waals surface area (Å²) in [4.78, 5) is 12.2. The minimum absolute atomic E-state index is 0.101. The van der Waals surface area contributed by atoms with Crippen molar-refractivity contribution in [3.05, 3.63) is 48.0 Å². The highest BCUT2D eigenvalue weighted by molar-refractivity contribution is 5.85. The van der Waals surface area contributed by atoms with Crippen molar-refractivity contribution >= 4 is 16.7 Å². The smallest absolute Gasteiger partial charge is 0.225 e. The molecule has 0 spiro atoms. The Morgan fingerprint density at radius 2 is 1.81 bits per heavy atom. The maximum absolute atomic E-state index is 12.2. The van der Waals surface area contributed by atoms with Gasteiger partial charge in [0, 0.05) is 0 Å². The first-order valence-corrected chi connectivity index (χ1v) is 7.32. The molecule has 0 saturated carbocycles. The molecule has 0 saturated heterocycles. The van der Waals surface area contributed by atoms with Crippen LogP contribution in [0.15, 0.2) is 42.5 Å². The SMILES string of the molecule is CCC(C#N)(CC)NC(=O)Cc1ccc2ccccc2c1. The van der Waals surface area contributed by atoms with E-state index in [0.29, 0.717) is 19.3 Å². The number of fused-ring (bicyclic) bond motifs is 1. The standard InChI is InChI=1S/C18H20N2O/c1-3-18(4-2,13-19)20-17(21)12-14-9-10-15-7-5-6-8-16(15)11-14/h5-11H,3-4,12H2,1-2H3,(H,20,21). The van der Waals surface area contributed by atoms with Crippen molar-refractivity contribution in [3.8, 4) is 6.07 Å². The number of benzene rings is 2. The van der Waals surface area contributed by atoms with E-state index in [2.05, 4.69) is 11.4 Å². The summed E-state index contributed by atoms with van der Waals surface area (Å²) < 4.78 is 0. The molecule has 0 atom stereocenters. The van der Waals surface area contributed by atoms with Crippen LogP contribution in [0, 0.1) is 11.3 Å². The topological polar surface area (TPSA) is 52.9 Å². The molecular weight excluding hydrogens is 260 g/mol. The van der Waals surface area contributed by atoms with E-state index in [1.54, 1.807) is 0 Å². The van der Waals surface area contributed by atoms with E-state index in [1.807, 2.05) is 56.3 Å². The number of nitriles is 1. The van der Waals surface area contributed by atoms with E-state index in [-0.39, 0.29) is 5.91 Å². The van der Waals surface area contributed by atoms with Crippen LogP contribution in [0.5, 0.6) is 0 Å². The summed E-state index contributed by atoms with van der Waals surface area (Å²) in [6.07, 6.45) is 1.53. The Hall–Kier alpha value is -2.34. The lowest BCUT2D eigenvalue weighted by Gasteiger charge is -2.24. The van der Waals surface area contributed by atoms with Crippen molar-refractivity contribution in [2.75, 3.05) is 0 Å². The van der Waals surface area contributed by atoms with Crippen LogP contribution in [-0.4, -0.2) is 11.4 Å². The summed E-state index contributed by atoms with van der Waals surface area (Å²) in [7, 11) is 0. The summed E-state index contributed by atoms with van der Waals surface area (Å²) in [5.41, 5.74) is 0.221. The minimum atomic E-state index is -0.742. The average molecular weight is 280 g/mol. The van der Waals surface area contributed by atoms with Crippen molar-refractivity contribution in [1.29, 1.82) is 5.26 Å². The number of carbonyl (C=O) groups is 1. The van der Waals surface area contributed by atoms with Crippen molar-refractivity contribution in [2.45, 2.75) is 38.6 Å². The number of nitrogens with one attached hydrogen (secondary N) is 1. The van der Waals surface area contributed by atoms with Crippen LogP contribution in [0.25, 0.3) is 10.8 Å². The number of nitrogens with zero attached hydrogens (tertiary/aromatic N) is 1. The predicted octanol–water partition coefficient (Wildman–Crippen LogP) is 3.58. The molecule has 0 aliphatic carbocycles. The number of carbonyl (C=O) groups excluding carboxylic acids is 1. The van der Waals surface area contributed by atoms with Crippen molar-refractivity contribution in [1.82, 2.24) is 5.32 Å². The molecule has 0 unspecified atom stereocenters. The molecule has 0 fully saturated rings. The second kappa shape index (κ2) is 6.41. The van der Waals surface area contributed by atoms with Gasteiger partial charge in [0.25, 0.3) is 0 Å². The van der Waals surface area contributed by atoms with Crippen LogP contribution in [0.2, 0.25) is 0 Å². The highest BCUT2D eigenvalue weighted by Crippen LogP contribution is 2.17. The average Bonchev–Trinajstić information content (AvgIpc) is 2.52. The maximum atomic E-state index is 12.2. The second-order valence-electron chi connectivity index (χ2n) is 5.31. The Balaban J connectivity index is 2.13. The molecule has 0 heterocycles.